The van der Waals surface area contributed by atoms with Crippen molar-refractivity contribution in [3.05, 3.63) is 60.4 Å². The largest absolute Gasteiger partial charge is 0.480 e. The SMILES string of the molecule is COc1ncc2cc1NS(=O)(=O)c1cccc(c1)C(=O)NCC1CCN(CC1)c1ccnc3cc-2sc13. The van der Waals surface area contributed by atoms with Crippen LogP contribution in [0.15, 0.2) is 59.8 Å². The molecule has 3 aliphatic rings. The number of methoxy groups -OCH3 is 1. The van der Waals surface area contributed by atoms with Crippen LogP contribution in [0.5, 0.6) is 5.88 Å². The van der Waals surface area contributed by atoms with E-state index in [0.717, 1.165) is 52.3 Å². The number of thiophene rings is 1. The Bertz CT molecular complexity index is 1610. The lowest BCUT2D eigenvalue weighted by molar-refractivity contribution is 0.0944. The molecule has 4 aromatic rings. The molecule has 0 spiro atoms. The van der Waals surface area contributed by atoms with E-state index in [1.807, 2.05) is 18.3 Å². The molecule has 3 aromatic heterocycles. The summed E-state index contributed by atoms with van der Waals surface area (Å²) in [5, 5.41) is 2.99. The van der Waals surface area contributed by atoms with Gasteiger partial charge in [0.1, 0.15) is 5.69 Å². The number of sulfonamides is 1. The zero-order valence-corrected chi connectivity index (χ0v) is 21.7. The lowest BCUT2D eigenvalue weighted by atomic mass is 9.96. The molecule has 3 aliphatic heterocycles. The summed E-state index contributed by atoms with van der Waals surface area (Å²) in [6.07, 6.45) is 5.39. The number of carbonyl (C=O) groups is 1. The molecule has 0 aliphatic carbocycles. The van der Waals surface area contributed by atoms with E-state index in [4.69, 9.17) is 4.74 Å². The van der Waals surface area contributed by atoms with E-state index in [0.29, 0.717) is 18.0 Å². The second-order valence-corrected chi connectivity index (χ2v) is 11.9. The summed E-state index contributed by atoms with van der Waals surface area (Å²) in [6, 6.07) is 11.8. The van der Waals surface area contributed by atoms with Crippen molar-refractivity contribution in [2.45, 2.75) is 17.7 Å². The van der Waals surface area contributed by atoms with Gasteiger partial charge in [-0.2, -0.15) is 0 Å². The zero-order chi connectivity index (χ0) is 25.6. The van der Waals surface area contributed by atoms with Crippen molar-refractivity contribution in [3.8, 4) is 16.3 Å². The van der Waals surface area contributed by atoms with Gasteiger partial charge in [-0.15, -0.1) is 11.3 Å². The Morgan fingerprint density at radius 1 is 1.08 bits per heavy atom. The Kier molecular flexibility index (Phi) is 5.96. The van der Waals surface area contributed by atoms with Crippen molar-refractivity contribution in [2.75, 3.05) is 36.4 Å². The lowest BCUT2D eigenvalue weighted by Gasteiger charge is -2.33. The molecule has 0 atom stereocenters. The number of pyridine rings is 2. The van der Waals surface area contributed by atoms with Gasteiger partial charge in [0.05, 0.1) is 27.9 Å². The zero-order valence-electron chi connectivity index (χ0n) is 20.1. The van der Waals surface area contributed by atoms with Crippen LogP contribution in [0.25, 0.3) is 20.7 Å². The van der Waals surface area contributed by atoms with Crippen LogP contribution in [-0.4, -0.2) is 51.0 Å². The van der Waals surface area contributed by atoms with E-state index in [9.17, 15) is 13.2 Å². The van der Waals surface area contributed by atoms with Crippen molar-refractivity contribution in [3.63, 3.8) is 0 Å². The number of benzene rings is 1. The third-order valence-electron chi connectivity index (χ3n) is 6.88. The van der Waals surface area contributed by atoms with Crippen LogP contribution in [0.2, 0.25) is 0 Å². The second kappa shape index (κ2) is 9.31. The van der Waals surface area contributed by atoms with Gasteiger partial charge in [0, 0.05) is 48.0 Å². The molecule has 0 saturated carbocycles. The van der Waals surface area contributed by atoms with Crippen LogP contribution in [0.3, 0.4) is 0 Å². The highest BCUT2D eigenvalue weighted by Gasteiger charge is 2.24. The number of anilines is 2. The average molecular weight is 536 g/mol. The van der Waals surface area contributed by atoms with Crippen molar-refractivity contribution < 1.29 is 17.9 Å². The summed E-state index contributed by atoms with van der Waals surface area (Å²) >= 11 is 1.61. The number of nitrogens with one attached hydrogen (secondary N) is 2. The highest BCUT2D eigenvalue weighted by molar-refractivity contribution is 7.92. The van der Waals surface area contributed by atoms with E-state index < -0.39 is 10.0 Å². The predicted octanol–water partition coefficient (Wildman–Crippen LogP) is 4.13. The van der Waals surface area contributed by atoms with Gasteiger partial charge in [-0.05, 0) is 55.2 Å². The number of piperidine rings is 1. The lowest BCUT2D eigenvalue weighted by Crippen LogP contribution is -2.38. The Morgan fingerprint density at radius 2 is 1.92 bits per heavy atom. The molecular weight excluding hydrogens is 510 g/mol. The summed E-state index contributed by atoms with van der Waals surface area (Å²) in [4.78, 5) is 25.1. The first kappa shape index (κ1) is 23.7. The maximum atomic E-state index is 13.3. The number of rotatable bonds is 1. The Labute approximate surface area is 218 Å². The van der Waals surface area contributed by atoms with Crippen LogP contribution < -0.4 is 19.7 Å². The molecule has 9 nitrogen and oxygen atoms in total. The molecule has 190 valence electrons. The molecule has 1 aromatic carbocycles. The van der Waals surface area contributed by atoms with Gasteiger partial charge in [-0.25, -0.2) is 13.4 Å². The van der Waals surface area contributed by atoms with Crippen molar-refractivity contribution in [2.24, 2.45) is 5.92 Å². The topological polar surface area (TPSA) is 114 Å². The van der Waals surface area contributed by atoms with Crippen molar-refractivity contribution in [1.29, 1.82) is 0 Å². The molecule has 6 heterocycles. The Hall–Kier alpha value is -3.70. The highest BCUT2D eigenvalue weighted by atomic mass is 32.2. The first-order valence-corrected chi connectivity index (χ1v) is 14.3. The summed E-state index contributed by atoms with van der Waals surface area (Å²) in [5.41, 5.74) is 3.27. The van der Waals surface area contributed by atoms with Gasteiger partial charge in [-0.1, -0.05) is 6.07 Å². The number of nitrogens with zero attached hydrogens (tertiary/aromatic N) is 3. The molecule has 1 amide bonds. The number of hydrogen-bond donors (Lipinski definition) is 2. The number of hydrogen-bond acceptors (Lipinski definition) is 8. The van der Waals surface area contributed by atoms with Gasteiger partial charge in [0.15, 0.2) is 0 Å². The molecule has 0 radical (unpaired) electrons. The summed E-state index contributed by atoms with van der Waals surface area (Å²) in [6.45, 7) is 2.32. The van der Waals surface area contributed by atoms with E-state index in [-0.39, 0.29) is 22.4 Å². The Balaban J connectivity index is 1.49. The fourth-order valence-electron chi connectivity index (χ4n) is 4.86. The molecule has 1 fully saturated rings. The fraction of sp³-hybridized carbons (Fsp3) is 0.269. The first-order valence-electron chi connectivity index (χ1n) is 12.0. The van der Waals surface area contributed by atoms with Gasteiger partial charge in [0.25, 0.3) is 15.9 Å². The minimum absolute atomic E-state index is 0.0189. The van der Waals surface area contributed by atoms with Crippen molar-refractivity contribution >= 4 is 48.9 Å². The van der Waals surface area contributed by atoms with Gasteiger partial charge in [-0.3, -0.25) is 14.5 Å². The molecule has 2 N–H and O–H groups in total. The minimum atomic E-state index is -4.02. The molecule has 8 bridgehead atoms. The van der Waals surface area contributed by atoms with Gasteiger partial charge >= 0.3 is 0 Å². The number of ether oxygens (including phenoxy) is 1. The summed E-state index contributed by atoms with van der Waals surface area (Å²) < 4.78 is 35.6. The normalized spacial score (nSPS) is 17.5. The third-order valence-corrected chi connectivity index (χ3v) is 9.44. The van der Waals surface area contributed by atoms with Crippen LogP contribution in [0, 0.1) is 5.92 Å². The quantitative estimate of drug-likeness (QED) is 0.377. The van der Waals surface area contributed by atoms with E-state index in [1.54, 1.807) is 35.7 Å². The molecule has 11 heteroatoms. The maximum Gasteiger partial charge on any atom is 0.262 e. The smallest absolute Gasteiger partial charge is 0.262 e. The Morgan fingerprint density at radius 3 is 2.73 bits per heavy atom. The number of carbonyl (C=O) groups excluding carboxylic acids is 1. The standard InChI is InChI=1S/C26H25N5O4S2/c1-35-26-21-12-18(15-29-26)23-13-20-24(36-23)22(5-8-27-20)31-9-6-16(7-10-31)14-28-25(32)17-3-2-4-19(11-17)37(33,34)30-21/h2-5,8,11-13,15-16,30H,6-7,9-10,14H2,1H3,(H,28,32). The van der Waals surface area contributed by atoms with Crippen LogP contribution in [0.1, 0.15) is 23.2 Å². The predicted molar refractivity (Wildman–Crippen MR) is 144 cm³/mol. The molecular formula is C26H25N5O4S2. The third kappa shape index (κ3) is 4.49. The highest BCUT2D eigenvalue weighted by Crippen LogP contribution is 2.40. The van der Waals surface area contributed by atoms with E-state index in [1.165, 1.54) is 19.2 Å². The maximum absolute atomic E-state index is 13.3. The van der Waals surface area contributed by atoms with Gasteiger partial charge in [0.2, 0.25) is 5.88 Å². The average Bonchev–Trinajstić information content (AvgIpc) is 3.36. The fourth-order valence-corrected chi connectivity index (χ4v) is 7.10. The molecule has 0 unspecified atom stereocenters. The minimum Gasteiger partial charge on any atom is -0.480 e. The molecule has 37 heavy (non-hydrogen) atoms. The summed E-state index contributed by atoms with van der Waals surface area (Å²) in [7, 11) is -2.59. The van der Waals surface area contributed by atoms with Crippen LogP contribution in [0.4, 0.5) is 11.4 Å². The van der Waals surface area contributed by atoms with E-state index >= 15 is 0 Å². The first-order chi connectivity index (χ1) is 17.9. The van der Waals surface area contributed by atoms with Crippen LogP contribution in [-0.2, 0) is 10.0 Å². The number of fused-ring (bicyclic) bond motifs is 5. The van der Waals surface area contributed by atoms with Gasteiger partial charge < -0.3 is 15.0 Å². The number of aromatic nitrogens is 2. The summed E-state index contributed by atoms with van der Waals surface area (Å²) in [5.74, 6) is 0.211. The van der Waals surface area contributed by atoms with Crippen LogP contribution >= 0.6 is 11.3 Å². The monoisotopic (exact) mass is 535 g/mol. The van der Waals surface area contributed by atoms with E-state index in [2.05, 4.69) is 24.9 Å². The molecule has 1 saturated heterocycles. The van der Waals surface area contributed by atoms with Crippen molar-refractivity contribution in [1.82, 2.24) is 15.3 Å². The second-order valence-electron chi connectivity index (χ2n) is 9.21. The molecule has 7 rings (SSSR count). The number of amides is 1.